The maximum atomic E-state index is 12.6. The number of carbonyl (C=O) groups excluding carboxylic acids is 2. The molecule has 0 fully saturated rings. The van der Waals surface area contributed by atoms with Crippen LogP contribution in [0.1, 0.15) is 22.8 Å². The Hall–Kier alpha value is -3.17. The predicted octanol–water partition coefficient (Wildman–Crippen LogP) is 2.15. The van der Waals surface area contributed by atoms with Crippen molar-refractivity contribution in [3.05, 3.63) is 71.3 Å². The van der Waals surface area contributed by atoms with Gasteiger partial charge in [-0.1, -0.05) is 42.5 Å². The summed E-state index contributed by atoms with van der Waals surface area (Å²) in [5.41, 5.74) is 1.91. The molecule has 0 radical (unpaired) electrons. The van der Waals surface area contributed by atoms with Crippen LogP contribution in [0.15, 0.2) is 54.6 Å². The summed E-state index contributed by atoms with van der Waals surface area (Å²) >= 11 is 0. The van der Waals surface area contributed by atoms with Gasteiger partial charge in [0, 0.05) is 13.5 Å². The second-order valence-electron chi connectivity index (χ2n) is 5.63. The number of benzene rings is 2. The van der Waals surface area contributed by atoms with Crippen molar-refractivity contribution in [1.82, 2.24) is 5.32 Å². The van der Waals surface area contributed by atoms with Crippen molar-refractivity contribution >= 4 is 11.9 Å². The highest BCUT2D eigenvalue weighted by Crippen LogP contribution is 2.17. The number of esters is 1. The third-order valence-corrected chi connectivity index (χ3v) is 3.87. The lowest BCUT2D eigenvalue weighted by Crippen LogP contribution is -2.45. The Labute approximate surface area is 152 Å². The second kappa shape index (κ2) is 9.35. The SMILES string of the molecule is COC(=O)[C@H](Cc1cccc(C#N)c1)NC(=O)[C@H](OC)c1ccccc1. The number of rotatable bonds is 7. The number of nitrogens with one attached hydrogen (secondary N) is 1. The molecule has 26 heavy (non-hydrogen) atoms. The summed E-state index contributed by atoms with van der Waals surface area (Å²) < 4.78 is 10.1. The number of hydrogen-bond acceptors (Lipinski definition) is 5. The number of hydrogen-bond donors (Lipinski definition) is 1. The van der Waals surface area contributed by atoms with E-state index in [4.69, 9.17) is 14.7 Å². The third-order valence-electron chi connectivity index (χ3n) is 3.87. The Kier molecular flexibility index (Phi) is 6.89. The summed E-state index contributed by atoms with van der Waals surface area (Å²) in [4.78, 5) is 24.7. The number of nitrogens with zero attached hydrogens (tertiary/aromatic N) is 1. The van der Waals surface area contributed by atoms with Crippen LogP contribution in [0, 0.1) is 11.3 Å². The maximum Gasteiger partial charge on any atom is 0.328 e. The van der Waals surface area contributed by atoms with Gasteiger partial charge in [-0.3, -0.25) is 4.79 Å². The topological polar surface area (TPSA) is 88.4 Å². The van der Waals surface area contributed by atoms with Gasteiger partial charge >= 0.3 is 5.97 Å². The van der Waals surface area contributed by atoms with Crippen LogP contribution in [0.2, 0.25) is 0 Å². The van der Waals surface area contributed by atoms with E-state index in [2.05, 4.69) is 5.32 Å². The van der Waals surface area contributed by atoms with Crippen LogP contribution in [0.5, 0.6) is 0 Å². The van der Waals surface area contributed by atoms with Crippen LogP contribution >= 0.6 is 0 Å². The number of methoxy groups -OCH3 is 2. The van der Waals surface area contributed by atoms with Gasteiger partial charge in [-0.2, -0.15) is 5.26 Å². The zero-order valence-corrected chi connectivity index (χ0v) is 14.6. The lowest BCUT2D eigenvalue weighted by molar-refractivity contribution is -0.146. The number of amides is 1. The van der Waals surface area contributed by atoms with E-state index >= 15 is 0 Å². The first-order chi connectivity index (χ1) is 12.6. The van der Waals surface area contributed by atoms with E-state index in [1.54, 1.807) is 48.5 Å². The number of ether oxygens (including phenoxy) is 2. The molecule has 0 aliphatic rings. The van der Waals surface area contributed by atoms with E-state index in [0.29, 0.717) is 11.1 Å². The number of nitriles is 1. The molecule has 0 heterocycles. The van der Waals surface area contributed by atoms with Gasteiger partial charge in [-0.05, 0) is 23.3 Å². The average molecular weight is 352 g/mol. The van der Waals surface area contributed by atoms with Crippen molar-refractivity contribution < 1.29 is 19.1 Å². The van der Waals surface area contributed by atoms with E-state index in [1.807, 2.05) is 12.1 Å². The van der Waals surface area contributed by atoms with E-state index < -0.39 is 24.0 Å². The van der Waals surface area contributed by atoms with Crippen molar-refractivity contribution in [1.29, 1.82) is 5.26 Å². The molecular weight excluding hydrogens is 332 g/mol. The first-order valence-corrected chi connectivity index (χ1v) is 8.04. The molecule has 0 saturated carbocycles. The quantitative estimate of drug-likeness (QED) is 0.771. The molecule has 0 bridgehead atoms. The lowest BCUT2D eigenvalue weighted by Gasteiger charge is -2.21. The molecule has 2 rings (SSSR count). The molecule has 1 N–H and O–H groups in total. The largest absolute Gasteiger partial charge is 0.467 e. The van der Waals surface area contributed by atoms with Crippen LogP contribution < -0.4 is 5.32 Å². The van der Waals surface area contributed by atoms with Crippen LogP contribution in [-0.4, -0.2) is 32.1 Å². The molecule has 6 nitrogen and oxygen atoms in total. The summed E-state index contributed by atoms with van der Waals surface area (Å²) in [6.07, 6.45) is -0.632. The highest BCUT2D eigenvalue weighted by molar-refractivity contribution is 5.87. The standard InChI is InChI=1S/C20H20N2O4/c1-25-18(16-9-4-3-5-10-16)19(23)22-17(20(24)26-2)12-14-7-6-8-15(11-14)13-21/h3-11,17-18H,12H2,1-2H3,(H,22,23)/t17-,18+/m0/s1. The molecule has 0 unspecified atom stereocenters. The van der Waals surface area contributed by atoms with Crippen molar-refractivity contribution in [3.8, 4) is 6.07 Å². The molecule has 6 heteroatoms. The summed E-state index contributed by atoms with van der Waals surface area (Å²) in [5.74, 6) is -1.01. The molecule has 0 aromatic heterocycles. The minimum absolute atomic E-state index is 0.207. The van der Waals surface area contributed by atoms with Gasteiger partial charge in [0.05, 0.1) is 18.7 Å². The first-order valence-electron chi connectivity index (χ1n) is 8.04. The number of carbonyl (C=O) groups is 2. The molecule has 2 atom stereocenters. The Morgan fingerprint density at radius 2 is 1.85 bits per heavy atom. The Balaban J connectivity index is 2.17. The summed E-state index contributed by atoms with van der Waals surface area (Å²) in [5, 5.41) is 11.7. The minimum Gasteiger partial charge on any atom is -0.467 e. The zero-order chi connectivity index (χ0) is 18.9. The maximum absolute atomic E-state index is 12.6. The monoisotopic (exact) mass is 352 g/mol. The van der Waals surface area contributed by atoms with E-state index in [1.165, 1.54) is 14.2 Å². The molecule has 2 aromatic rings. The van der Waals surface area contributed by atoms with Gasteiger partial charge in [0.25, 0.3) is 5.91 Å². The third kappa shape index (κ3) is 4.91. The van der Waals surface area contributed by atoms with Crippen molar-refractivity contribution in [2.45, 2.75) is 18.6 Å². The van der Waals surface area contributed by atoms with Gasteiger partial charge < -0.3 is 14.8 Å². The van der Waals surface area contributed by atoms with Crippen molar-refractivity contribution in [2.75, 3.05) is 14.2 Å². The highest BCUT2D eigenvalue weighted by Gasteiger charge is 2.27. The van der Waals surface area contributed by atoms with Gasteiger partial charge in [-0.25, -0.2) is 4.79 Å². The predicted molar refractivity (Wildman–Crippen MR) is 95.0 cm³/mol. The van der Waals surface area contributed by atoms with Crippen LogP contribution in [0.4, 0.5) is 0 Å². The van der Waals surface area contributed by atoms with Gasteiger partial charge in [0.15, 0.2) is 6.10 Å². The smallest absolute Gasteiger partial charge is 0.328 e. The molecular formula is C20H20N2O4. The van der Waals surface area contributed by atoms with Gasteiger partial charge in [0.2, 0.25) is 0 Å². The molecule has 0 aliphatic carbocycles. The fourth-order valence-electron chi connectivity index (χ4n) is 2.61. The molecule has 0 spiro atoms. The Morgan fingerprint density at radius 3 is 2.46 bits per heavy atom. The molecule has 1 amide bonds. The first kappa shape index (κ1) is 19.2. The van der Waals surface area contributed by atoms with Crippen LogP contribution in [0.25, 0.3) is 0 Å². The summed E-state index contributed by atoms with van der Waals surface area (Å²) in [7, 11) is 2.69. The van der Waals surface area contributed by atoms with Crippen molar-refractivity contribution in [2.24, 2.45) is 0 Å². The fourth-order valence-corrected chi connectivity index (χ4v) is 2.61. The second-order valence-corrected chi connectivity index (χ2v) is 5.63. The summed E-state index contributed by atoms with van der Waals surface area (Å²) in [6, 6.07) is 17.0. The lowest BCUT2D eigenvalue weighted by atomic mass is 10.0. The van der Waals surface area contributed by atoms with Gasteiger partial charge in [-0.15, -0.1) is 0 Å². The minimum atomic E-state index is -0.886. The summed E-state index contributed by atoms with van der Waals surface area (Å²) in [6.45, 7) is 0. The van der Waals surface area contributed by atoms with E-state index in [9.17, 15) is 9.59 Å². The van der Waals surface area contributed by atoms with Crippen LogP contribution in [-0.2, 0) is 25.5 Å². The molecule has 0 saturated heterocycles. The van der Waals surface area contributed by atoms with E-state index in [0.717, 1.165) is 5.56 Å². The zero-order valence-electron chi connectivity index (χ0n) is 14.6. The fraction of sp³-hybridized carbons (Fsp3) is 0.250. The average Bonchev–Trinajstić information content (AvgIpc) is 2.68. The molecule has 0 aliphatic heterocycles. The van der Waals surface area contributed by atoms with Gasteiger partial charge in [0.1, 0.15) is 6.04 Å². The molecule has 2 aromatic carbocycles. The molecule has 134 valence electrons. The van der Waals surface area contributed by atoms with E-state index in [-0.39, 0.29) is 6.42 Å². The Morgan fingerprint density at radius 1 is 1.12 bits per heavy atom. The Bertz CT molecular complexity index is 799. The van der Waals surface area contributed by atoms with Crippen molar-refractivity contribution in [3.63, 3.8) is 0 Å². The van der Waals surface area contributed by atoms with Crippen LogP contribution in [0.3, 0.4) is 0 Å². The highest BCUT2D eigenvalue weighted by atomic mass is 16.5. The normalized spacial score (nSPS) is 12.5.